The van der Waals surface area contributed by atoms with Crippen molar-refractivity contribution in [1.29, 1.82) is 0 Å². The van der Waals surface area contributed by atoms with Crippen molar-refractivity contribution in [3.05, 3.63) is 0 Å². The van der Waals surface area contributed by atoms with E-state index < -0.39 is 0 Å². The fourth-order valence-electron chi connectivity index (χ4n) is 2.97. The van der Waals surface area contributed by atoms with Crippen molar-refractivity contribution >= 4 is 5.91 Å². The van der Waals surface area contributed by atoms with Crippen molar-refractivity contribution in [2.75, 3.05) is 26.7 Å². The fourth-order valence-corrected chi connectivity index (χ4v) is 2.97. The molecule has 1 aliphatic rings. The predicted molar refractivity (Wildman–Crippen MR) is 70.7 cm³/mol. The maximum atomic E-state index is 11.2. The zero-order chi connectivity index (χ0) is 12.8. The van der Waals surface area contributed by atoms with Crippen molar-refractivity contribution in [1.82, 2.24) is 10.2 Å². The predicted octanol–water partition coefficient (Wildman–Crippen LogP) is 0.818. The molecule has 3 atom stereocenters. The van der Waals surface area contributed by atoms with Crippen LogP contribution in [0, 0.1) is 11.8 Å². The number of rotatable bonds is 5. The molecule has 0 bridgehead atoms. The number of amides is 1. The highest BCUT2D eigenvalue weighted by Crippen LogP contribution is 2.26. The molecule has 0 aliphatic carbocycles. The molecular weight excluding hydrogens is 214 g/mol. The Morgan fingerprint density at radius 3 is 2.76 bits per heavy atom. The SMILES string of the molecule is CNC(=O)CCCN1CC(C)CC(C)C1CN. The van der Waals surface area contributed by atoms with Crippen LogP contribution in [0.5, 0.6) is 0 Å². The molecule has 0 aromatic rings. The van der Waals surface area contributed by atoms with Gasteiger partial charge in [-0.3, -0.25) is 9.69 Å². The number of carbonyl (C=O) groups excluding carboxylic acids is 1. The molecule has 3 N–H and O–H groups in total. The Morgan fingerprint density at radius 2 is 2.18 bits per heavy atom. The maximum absolute atomic E-state index is 11.2. The van der Waals surface area contributed by atoms with E-state index in [-0.39, 0.29) is 5.91 Å². The molecule has 4 heteroatoms. The minimum absolute atomic E-state index is 0.132. The Morgan fingerprint density at radius 1 is 1.47 bits per heavy atom. The summed E-state index contributed by atoms with van der Waals surface area (Å²) in [7, 11) is 1.69. The van der Waals surface area contributed by atoms with Gasteiger partial charge in [-0.15, -0.1) is 0 Å². The van der Waals surface area contributed by atoms with Crippen LogP contribution in [0.3, 0.4) is 0 Å². The fraction of sp³-hybridized carbons (Fsp3) is 0.923. The Labute approximate surface area is 105 Å². The topological polar surface area (TPSA) is 58.4 Å². The van der Waals surface area contributed by atoms with Crippen molar-refractivity contribution in [3.63, 3.8) is 0 Å². The number of nitrogens with two attached hydrogens (primary N) is 1. The van der Waals surface area contributed by atoms with Gasteiger partial charge < -0.3 is 11.1 Å². The van der Waals surface area contributed by atoms with E-state index in [9.17, 15) is 4.79 Å². The lowest BCUT2D eigenvalue weighted by molar-refractivity contribution is -0.120. The minimum Gasteiger partial charge on any atom is -0.359 e. The van der Waals surface area contributed by atoms with Crippen molar-refractivity contribution in [2.45, 2.75) is 39.2 Å². The van der Waals surface area contributed by atoms with Crippen molar-refractivity contribution in [3.8, 4) is 0 Å². The zero-order valence-corrected chi connectivity index (χ0v) is 11.4. The van der Waals surface area contributed by atoms with Gasteiger partial charge in [-0.05, 0) is 31.2 Å². The number of carbonyl (C=O) groups is 1. The first kappa shape index (κ1) is 14.5. The molecule has 0 aromatic carbocycles. The van der Waals surface area contributed by atoms with Crippen LogP contribution in [0.25, 0.3) is 0 Å². The summed E-state index contributed by atoms with van der Waals surface area (Å²) in [6, 6.07) is 0.496. The highest BCUT2D eigenvalue weighted by molar-refractivity contribution is 5.75. The van der Waals surface area contributed by atoms with Gasteiger partial charge in [0.25, 0.3) is 0 Å². The zero-order valence-electron chi connectivity index (χ0n) is 11.4. The molecule has 17 heavy (non-hydrogen) atoms. The van der Waals surface area contributed by atoms with Gasteiger partial charge in [-0.2, -0.15) is 0 Å². The Kier molecular flexibility index (Phi) is 5.92. The summed E-state index contributed by atoms with van der Waals surface area (Å²) in [6.45, 7) is 7.44. The molecule has 1 heterocycles. The summed E-state index contributed by atoms with van der Waals surface area (Å²) in [5.41, 5.74) is 5.87. The van der Waals surface area contributed by atoms with Crippen LogP contribution in [-0.4, -0.2) is 43.5 Å². The van der Waals surface area contributed by atoms with Crippen LogP contribution in [0.4, 0.5) is 0 Å². The standard InChI is InChI=1S/C13H27N3O/c1-10-7-11(2)12(8-14)16(9-10)6-4-5-13(17)15-3/h10-12H,4-9,14H2,1-3H3,(H,15,17). The normalized spacial score (nSPS) is 30.2. The molecular formula is C13H27N3O. The summed E-state index contributed by atoms with van der Waals surface area (Å²) in [5.74, 6) is 1.55. The quantitative estimate of drug-likeness (QED) is 0.749. The van der Waals surface area contributed by atoms with E-state index in [0.29, 0.717) is 18.4 Å². The Balaban J connectivity index is 2.40. The largest absolute Gasteiger partial charge is 0.359 e. The van der Waals surface area contributed by atoms with Gasteiger partial charge >= 0.3 is 0 Å². The van der Waals surface area contributed by atoms with Gasteiger partial charge in [-0.25, -0.2) is 0 Å². The number of likely N-dealkylation sites (tertiary alicyclic amines) is 1. The second kappa shape index (κ2) is 6.97. The molecule has 4 nitrogen and oxygen atoms in total. The van der Waals surface area contributed by atoms with E-state index in [1.54, 1.807) is 7.05 Å². The number of nitrogens with one attached hydrogen (secondary N) is 1. The molecule has 1 rings (SSSR count). The molecule has 1 saturated heterocycles. The van der Waals surface area contributed by atoms with Crippen molar-refractivity contribution < 1.29 is 4.79 Å². The summed E-state index contributed by atoms with van der Waals surface area (Å²) in [4.78, 5) is 13.7. The lowest BCUT2D eigenvalue weighted by Gasteiger charge is -2.42. The molecule has 100 valence electrons. The molecule has 0 aromatic heterocycles. The number of hydrogen-bond donors (Lipinski definition) is 2. The first-order valence-corrected chi connectivity index (χ1v) is 6.73. The summed E-state index contributed by atoms with van der Waals surface area (Å²) in [5, 5.41) is 2.66. The van der Waals surface area contributed by atoms with Gasteiger partial charge in [0.05, 0.1) is 0 Å². The van der Waals surface area contributed by atoms with Crippen LogP contribution in [0.1, 0.15) is 33.1 Å². The smallest absolute Gasteiger partial charge is 0.219 e. The maximum Gasteiger partial charge on any atom is 0.219 e. The minimum atomic E-state index is 0.132. The Hall–Kier alpha value is -0.610. The number of nitrogens with zero attached hydrogens (tertiary/aromatic N) is 1. The third kappa shape index (κ3) is 4.28. The molecule has 1 fully saturated rings. The van der Waals surface area contributed by atoms with Gasteiger partial charge in [0.1, 0.15) is 0 Å². The third-order valence-corrected chi connectivity index (χ3v) is 3.82. The second-order valence-corrected chi connectivity index (χ2v) is 5.39. The van der Waals surface area contributed by atoms with Gasteiger partial charge in [0.15, 0.2) is 0 Å². The van der Waals surface area contributed by atoms with Crippen LogP contribution in [-0.2, 0) is 4.79 Å². The second-order valence-electron chi connectivity index (χ2n) is 5.39. The number of hydrogen-bond acceptors (Lipinski definition) is 3. The van der Waals surface area contributed by atoms with Crippen LogP contribution in [0.15, 0.2) is 0 Å². The Bertz CT molecular complexity index is 245. The molecule has 3 unspecified atom stereocenters. The monoisotopic (exact) mass is 241 g/mol. The van der Waals surface area contributed by atoms with Crippen molar-refractivity contribution in [2.24, 2.45) is 17.6 Å². The van der Waals surface area contributed by atoms with E-state index in [4.69, 9.17) is 5.73 Å². The first-order valence-electron chi connectivity index (χ1n) is 6.73. The van der Waals surface area contributed by atoms with Gasteiger partial charge in [-0.1, -0.05) is 13.8 Å². The molecule has 0 radical (unpaired) electrons. The van der Waals surface area contributed by atoms with E-state index >= 15 is 0 Å². The first-order chi connectivity index (χ1) is 8.08. The van der Waals surface area contributed by atoms with E-state index in [2.05, 4.69) is 24.1 Å². The highest BCUT2D eigenvalue weighted by Gasteiger charge is 2.30. The molecule has 1 aliphatic heterocycles. The average Bonchev–Trinajstić information content (AvgIpc) is 2.28. The van der Waals surface area contributed by atoms with Crippen LogP contribution < -0.4 is 11.1 Å². The molecule has 0 spiro atoms. The van der Waals surface area contributed by atoms with Gasteiger partial charge in [0.2, 0.25) is 5.91 Å². The van der Waals surface area contributed by atoms with E-state index in [0.717, 1.165) is 32.0 Å². The average molecular weight is 241 g/mol. The lowest BCUT2D eigenvalue weighted by atomic mass is 9.85. The third-order valence-electron chi connectivity index (χ3n) is 3.82. The van der Waals surface area contributed by atoms with Gasteiger partial charge in [0, 0.05) is 32.6 Å². The molecule has 0 saturated carbocycles. The van der Waals surface area contributed by atoms with E-state index in [1.807, 2.05) is 0 Å². The highest BCUT2D eigenvalue weighted by atomic mass is 16.1. The van der Waals surface area contributed by atoms with E-state index in [1.165, 1.54) is 6.42 Å². The lowest BCUT2D eigenvalue weighted by Crippen LogP contribution is -2.51. The summed E-state index contributed by atoms with van der Waals surface area (Å²) < 4.78 is 0. The number of piperidine rings is 1. The summed E-state index contributed by atoms with van der Waals surface area (Å²) >= 11 is 0. The summed E-state index contributed by atoms with van der Waals surface area (Å²) in [6.07, 6.45) is 2.82. The molecule has 1 amide bonds. The van der Waals surface area contributed by atoms with Crippen LogP contribution in [0.2, 0.25) is 0 Å². The van der Waals surface area contributed by atoms with Crippen LogP contribution >= 0.6 is 0 Å².